The maximum atomic E-state index is 12.5. The zero-order chi connectivity index (χ0) is 11.4. The van der Waals surface area contributed by atoms with E-state index in [1.807, 2.05) is 18.9 Å². The second-order valence-electron chi connectivity index (χ2n) is 4.52. The lowest BCUT2D eigenvalue weighted by molar-refractivity contribution is -0.141. The fourth-order valence-electron chi connectivity index (χ4n) is 2.03. The van der Waals surface area contributed by atoms with E-state index in [9.17, 15) is 13.2 Å². The predicted octanol–water partition coefficient (Wildman–Crippen LogP) is 1.88. The number of hydrogen-bond donors (Lipinski definition) is 2. The quantitative estimate of drug-likeness (QED) is 0.757. The molecule has 1 fully saturated rings. The van der Waals surface area contributed by atoms with Gasteiger partial charge < -0.3 is 5.73 Å². The molecular formula is C9H12F3N3. The molecule has 6 heteroatoms. The molecule has 1 saturated carbocycles. The number of rotatable bonds is 1. The monoisotopic (exact) mass is 219 g/mol. The third-order valence-corrected chi connectivity index (χ3v) is 3.20. The van der Waals surface area contributed by atoms with Crippen molar-refractivity contribution in [3.63, 3.8) is 0 Å². The van der Waals surface area contributed by atoms with Crippen molar-refractivity contribution in [1.82, 2.24) is 10.2 Å². The molecule has 0 aliphatic heterocycles. The average molecular weight is 219 g/mol. The number of hydrogen-bond acceptors (Lipinski definition) is 2. The van der Waals surface area contributed by atoms with Crippen LogP contribution in [0.3, 0.4) is 0 Å². The number of nitrogens with zero attached hydrogens (tertiary/aromatic N) is 1. The topological polar surface area (TPSA) is 54.7 Å². The third kappa shape index (κ3) is 1.43. The summed E-state index contributed by atoms with van der Waals surface area (Å²) in [7, 11) is 0. The largest absolute Gasteiger partial charge is 0.433 e. The van der Waals surface area contributed by atoms with Crippen molar-refractivity contribution < 1.29 is 13.2 Å². The van der Waals surface area contributed by atoms with E-state index in [0.29, 0.717) is 0 Å². The van der Waals surface area contributed by atoms with Crippen LogP contribution in [0.4, 0.5) is 13.2 Å². The molecule has 3 nitrogen and oxygen atoms in total. The van der Waals surface area contributed by atoms with Crippen molar-refractivity contribution in [1.29, 1.82) is 0 Å². The number of nitrogens with two attached hydrogens (primary N) is 1. The highest BCUT2D eigenvalue weighted by molar-refractivity contribution is 5.36. The van der Waals surface area contributed by atoms with Crippen molar-refractivity contribution >= 4 is 0 Å². The molecule has 1 aliphatic carbocycles. The summed E-state index contributed by atoms with van der Waals surface area (Å²) in [6, 6.07) is -0.226. The molecular weight excluding hydrogens is 207 g/mol. The fourth-order valence-corrected chi connectivity index (χ4v) is 2.03. The van der Waals surface area contributed by atoms with Crippen molar-refractivity contribution in [3.05, 3.63) is 17.5 Å². The van der Waals surface area contributed by atoms with Gasteiger partial charge in [-0.25, -0.2) is 0 Å². The van der Waals surface area contributed by atoms with Crippen LogP contribution in [0.5, 0.6) is 0 Å². The summed E-state index contributed by atoms with van der Waals surface area (Å²) in [5.74, 6) is -0.257. The molecule has 15 heavy (non-hydrogen) atoms. The Morgan fingerprint density at radius 2 is 2.00 bits per heavy atom. The molecule has 84 valence electrons. The Balaban J connectivity index is 2.36. The molecule has 2 rings (SSSR count). The molecule has 0 radical (unpaired) electrons. The summed E-state index contributed by atoms with van der Waals surface area (Å²) in [4.78, 5) is 0. The minimum absolute atomic E-state index is 0.181. The molecule has 1 aromatic rings. The van der Waals surface area contributed by atoms with Gasteiger partial charge in [-0.3, -0.25) is 5.10 Å². The Morgan fingerprint density at radius 1 is 1.47 bits per heavy atom. The Kier molecular flexibility index (Phi) is 1.92. The Morgan fingerprint density at radius 3 is 2.40 bits per heavy atom. The fraction of sp³-hybridized carbons (Fsp3) is 0.667. The number of nitrogens with one attached hydrogen (secondary N) is 1. The molecule has 0 aromatic carbocycles. The number of H-pyrrole nitrogens is 1. The van der Waals surface area contributed by atoms with Gasteiger partial charge in [0.05, 0.1) is 6.20 Å². The smallest absolute Gasteiger partial charge is 0.327 e. The summed E-state index contributed by atoms with van der Waals surface area (Å²) in [5.41, 5.74) is 4.88. The molecule has 2 atom stereocenters. The summed E-state index contributed by atoms with van der Waals surface area (Å²) in [6.45, 7) is 3.71. The molecule has 0 saturated heterocycles. The summed E-state index contributed by atoms with van der Waals surface area (Å²) in [5, 5.41) is 5.44. The summed E-state index contributed by atoms with van der Waals surface area (Å²) < 4.78 is 37.6. The maximum absolute atomic E-state index is 12.5. The highest BCUT2D eigenvalue weighted by Crippen LogP contribution is 2.58. The first-order valence-corrected chi connectivity index (χ1v) is 4.62. The van der Waals surface area contributed by atoms with Crippen molar-refractivity contribution in [2.24, 2.45) is 11.1 Å². The average Bonchev–Trinajstić information content (AvgIpc) is 2.53. The lowest BCUT2D eigenvalue weighted by Crippen LogP contribution is -2.10. The van der Waals surface area contributed by atoms with Crippen LogP contribution < -0.4 is 5.73 Å². The Labute approximate surface area is 84.8 Å². The van der Waals surface area contributed by atoms with Crippen LogP contribution in [0.1, 0.15) is 31.0 Å². The molecule has 0 amide bonds. The first kappa shape index (κ1) is 10.5. The number of aromatic nitrogens is 2. The maximum Gasteiger partial charge on any atom is 0.433 e. The van der Waals surface area contributed by atoms with Crippen molar-refractivity contribution in [3.8, 4) is 0 Å². The third-order valence-electron chi connectivity index (χ3n) is 3.20. The van der Waals surface area contributed by atoms with Crippen LogP contribution in [0.15, 0.2) is 6.20 Å². The van der Waals surface area contributed by atoms with Crippen molar-refractivity contribution in [2.75, 3.05) is 0 Å². The second kappa shape index (κ2) is 2.75. The van der Waals surface area contributed by atoms with E-state index in [2.05, 4.69) is 5.10 Å². The van der Waals surface area contributed by atoms with Crippen LogP contribution in [0.2, 0.25) is 0 Å². The van der Waals surface area contributed by atoms with Gasteiger partial charge in [0.25, 0.3) is 0 Å². The molecule has 1 aromatic heterocycles. The van der Waals surface area contributed by atoms with Crippen LogP contribution in [0, 0.1) is 5.41 Å². The van der Waals surface area contributed by atoms with Gasteiger partial charge in [0.2, 0.25) is 0 Å². The van der Waals surface area contributed by atoms with Gasteiger partial charge in [-0.2, -0.15) is 18.3 Å². The predicted molar refractivity (Wildman–Crippen MR) is 48.1 cm³/mol. The van der Waals surface area contributed by atoms with Gasteiger partial charge in [-0.05, 0) is 5.41 Å². The highest BCUT2D eigenvalue weighted by atomic mass is 19.4. The first-order chi connectivity index (χ1) is 6.76. The summed E-state index contributed by atoms with van der Waals surface area (Å²) in [6.07, 6.45) is -3.16. The van der Waals surface area contributed by atoms with E-state index in [0.717, 1.165) is 0 Å². The normalized spacial score (nSPS) is 29.2. The van der Waals surface area contributed by atoms with E-state index in [1.165, 1.54) is 6.20 Å². The lowest BCUT2D eigenvalue weighted by Gasteiger charge is -2.07. The van der Waals surface area contributed by atoms with Crippen LogP contribution in [0.25, 0.3) is 0 Å². The lowest BCUT2D eigenvalue weighted by atomic mass is 10.0. The highest BCUT2D eigenvalue weighted by Gasteiger charge is 2.58. The van der Waals surface area contributed by atoms with E-state index in [1.54, 1.807) is 0 Å². The summed E-state index contributed by atoms with van der Waals surface area (Å²) >= 11 is 0. The molecule has 3 N–H and O–H groups in total. The minimum atomic E-state index is -4.38. The van der Waals surface area contributed by atoms with Gasteiger partial charge in [-0.15, -0.1) is 0 Å². The van der Waals surface area contributed by atoms with Gasteiger partial charge in [0.1, 0.15) is 5.69 Å². The molecule has 2 unspecified atom stereocenters. The minimum Gasteiger partial charge on any atom is -0.327 e. The van der Waals surface area contributed by atoms with Gasteiger partial charge in [-0.1, -0.05) is 13.8 Å². The SMILES string of the molecule is CC1(C)C(N)C1c1cn[nH]c1C(F)(F)F. The zero-order valence-corrected chi connectivity index (χ0v) is 8.39. The molecule has 1 aliphatic rings. The van der Waals surface area contributed by atoms with Crippen LogP contribution in [-0.4, -0.2) is 16.2 Å². The van der Waals surface area contributed by atoms with E-state index in [4.69, 9.17) is 5.73 Å². The standard InChI is InChI=1S/C9H12F3N3/c1-8(2)5(6(8)13)4-3-14-15-7(4)9(10,11)12/h3,5-6H,13H2,1-2H3,(H,14,15). The van der Waals surface area contributed by atoms with Crippen molar-refractivity contribution in [2.45, 2.75) is 32.0 Å². The zero-order valence-electron chi connectivity index (χ0n) is 8.39. The van der Waals surface area contributed by atoms with E-state index in [-0.39, 0.29) is 22.9 Å². The molecule has 0 bridgehead atoms. The van der Waals surface area contributed by atoms with E-state index < -0.39 is 11.9 Å². The van der Waals surface area contributed by atoms with Gasteiger partial charge in [0, 0.05) is 17.5 Å². The number of aromatic amines is 1. The number of halogens is 3. The number of alkyl halides is 3. The van der Waals surface area contributed by atoms with E-state index >= 15 is 0 Å². The van der Waals surface area contributed by atoms with Gasteiger partial charge >= 0.3 is 6.18 Å². The van der Waals surface area contributed by atoms with Crippen LogP contribution in [-0.2, 0) is 6.18 Å². The molecule has 0 spiro atoms. The molecule has 1 heterocycles. The second-order valence-corrected chi connectivity index (χ2v) is 4.52. The van der Waals surface area contributed by atoms with Crippen LogP contribution >= 0.6 is 0 Å². The first-order valence-electron chi connectivity index (χ1n) is 4.62. The Hall–Kier alpha value is -1.04. The van der Waals surface area contributed by atoms with Gasteiger partial charge in [0.15, 0.2) is 0 Å². The Bertz CT molecular complexity index is 380.